The van der Waals surface area contributed by atoms with Gasteiger partial charge in [-0.1, -0.05) is 6.42 Å². The van der Waals surface area contributed by atoms with E-state index in [4.69, 9.17) is 5.73 Å². The SMILES string of the molecule is CN(CCCNC(N)=NCC1CCC1)CC(F)(F)F. The van der Waals surface area contributed by atoms with Crippen molar-refractivity contribution in [1.82, 2.24) is 10.2 Å². The molecule has 0 spiro atoms. The summed E-state index contributed by atoms with van der Waals surface area (Å²) in [5.74, 6) is 1.06. The van der Waals surface area contributed by atoms with Gasteiger partial charge < -0.3 is 11.1 Å². The lowest BCUT2D eigenvalue weighted by Gasteiger charge is -2.23. The lowest BCUT2D eigenvalue weighted by atomic mass is 9.86. The number of hydrogen-bond acceptors (Lipinski definition) is 2. The van der Waals surface area contributed by atoms with E-state index >= 15 is 0 Å². The fourth-order valence-corrected chi connectivity index (χ4v) is 1.91. The van der Waals surface area contributed by atoms with Crippen molar-refractivity contribution >= 4 is 5.96 Å². The minimum absolute atomic E-state index is 0.377. The quantitative estimate of drug-likeness (QED) is 0.423. The van der Waals surface area contributed by atoms with Crippen LogP contribution in [0.5, 0.6) is 0 Å². The maximum atomic E-state index is 12.1. The predicted octanol–water partition coefficient (Wildman–Crippen LogP) is 1.57. The number of halogens is 3. The summed E-state index contributed by atoms with van der Waals surface area (Å²) in [5.41, 5.74) is 5.66. The molecular formula is C12H23F3N4. The van der Waals surface area contributed by atoms with Crippen LogP contribution in [-0.2, 0) is 0 Å². The highest BCUT2D eigenvalue weighted by Gasteiger charge is 2.28. The molecule has 0 heterocycles. The molecule has 1 aliphatic carbocycles. The van der Waals surface area contributed by atoms with Crippen molar-refractivity contribution in [3.63, 3.8) is 0 Å². The first-order valence-corrected chi connectivity index (χ1v) is 6.66. The normalized spacial score (nSPS) is 17.6. The molecule has 1 rings (SSSR count). The largest absolute Gasteiger partial charge is 0.401 e. The fraction of sp³-hybridized carbons (Fsp3) is 0.917. The fourth-order valence-electron chi connectivity index (χ4n) is 1.91. The summed E-state index contributed by atoms with van der Waals surface area (Å²) in [6.07, 6.45) is 0.189. The molecule has 4 nitrogen and oxygen atoms in total. The Morgan fingerprint density at radius 3 is 2.63 bits per heavy atom. The zero-order valence-electron chi connectivity index (χ0n) is 11.3. The van der Waals surface area contributed by atoms with Gasteiger partial charge >= 0.3 is 6.18 Å². The Balaban J connectivity index is 2.02. The summed E-state index contributed by atoms with van der Waals surface area (Å²) in [6, 6.07) is 0. The van der Waals surface area contributed by atoms with Crippen LogP contribution in [0.25, 0.3) is 0 Å². The number of guanidine groups is 1. The molecule has 0 aromatic heterocycles. The molecule has 1 saturated carbocycles. The Labute approximate surface area is 112 Å². The molecule has 1 fully saturated rings. The number of nitrogens with zero attached hydrogens (tertiary/aromatic N) is 2. The van der Waals surface area contributed by atoms with Crippen molar-refractivity contribution in [2.75, 3.05) is 33.2 Å². The van der Waals surface area contributed by atoms with E-state index < -0.39 is 12.7 Å². The van der Waals surface area contributed by atoms with Gasteiger partial charge in [-0.15, -0.1) is 0 Å². The number of alkyl halides is 3. The second kappa shape index (κ2) is 7.57. The second-order valence-electron chi connectivity index (χ2n) is 5.16. The molecule has 7 heteroatoms. The standard InChI is InChI=1S/C12H23F3N4/c1-19(9-12(13,14)15)7-3-6-17-11(16)18-8-10-4-2-5-10/h10H,2-9H2,1H3,(H3,16,17,18). The molecule has 0 aliphatic heterocycles. The van der Waals surface area contributed by atoms with Crippen LogP contribution in [0, 0.1) is 5.92 Å². The Kier molecular flexibility index (Phi) is 6.41. The molecule has 3 N–H and O–H groups in total. The summed E-state index contributed by atoms with van der Waals surface area (Å²) < 4.78 is 36.2. The van der Waals surface area contributed by atoms with Crippen molar-refractivity contribution in [3.8, 4) is 0 Å². The van der Waals surface area contributed by atoms with Gasteiger partial charge in [0.2, 0.25) is 0 Å². The summed E-state index contributed by atoms with van der Waals surface area (Å²) >= 11 is 0. The van der Waals surface area contributed by atoms with E-state index in [1.165, 1.54) is 31.2 Å². The van der Waals surface area contributed by atoms with Crippen molar-refractivity contribution in [2.24, 2.45) is 16.6 Å². The number of aliphatic imine (C=N–C) groups is 1. The molecule has 0 bridgehead atoms. The molecule has 0 atom stereocenters. The minimum Gasteiger partial charge on any atom is -0.370 e. The van der Waals surface area contributed by atoms with E-state index in [9.17, 15) is 13.2 Å². The first kappa shape index (κ1) is 16.1. The summed E-state index contributed by atoms with van der Waals surface area (Å²) in [4.78, 5) is 5.47. The van der Waals surface area contributed by atoms with Gasteiger partial charge in [-0.3, -0.25) is 9.89 Å². The van der Waals surface area contributed by atoms with Crippen LogP contribution in [0.15, 0.2) is 4.99 Å². The topological polar surface area (TPSA) is 53.6 Å². The smallest absolute Gasteiger partial charge is 0.370 e. The molecule has 0 aromatic carbocycles. The van der Waals surface area contributed by atoms with E-state index in [-0.39, 0.29) is 0 Å². The molecule has 0 aromatic rings. The molecule has 1 aliphatic rings. The number of rotatable bonds is 7. The third-order valence-corrected chi connectivity index (χ3v) is 3.22. The molecule has 0 unspecified atom stereocenters. The van der Waals surface area contributed by atoms with Gasteiger partial charge in [-0.25, -0.2) is 0 Å². The van der Waals surface area contributed by atoms with Crippen molar-refractivity contribution < 1.29 is 13.2 Å². The maximum absolute atomic E-state index is 12.1. The van der Waals surface area contributed by atoms with Gasteiger partial charge in [0.1, 0.15) is 0 Å². The molecule has 112 valence electrons. The van der Waals surface area contributed by atoms with E-state index in [0.717, 1.165) is 6.54 Å². The average Bonchev–Trinajstić information content (AvgIpc) is 2.19. The Bertz CT molecular complexity index is 287. The average molecular weight is 280 g/mol. The van der Waals surface area contributed by atoms with Crippen LogP contribution >= 0.6 is 0 Å². The van der Waals surface area contributed by atoms with Gasteiger partial charge in [-0.2, -0.15) is 13.2 Å². The molecule has 0 saturated heterocycles. The second-order valence-corrected chi connectivity index (χ2v) is 5.16. The van der Waals surface area contributed by atoms with E-state index in [1.807, 2.05) is 0 Å². The zero-order chi connectivity index (χ0) is 14.3. The van der Waals surface area contributed by atoms with Crippen LogP contribution in [0.4, 0.5) is 13.2 Å². The van der Waals surface area contributed by atoms with Crippen LogP contribution in [0.3, 0.4) is 0 Å². The van der Waals surface area contributed by atoms with Gasteiger partial charge in [0.05, 0.1) is 6.54 Å². The highest BCUT2D eigenvalue weighted by Crippen LogP contribution is 2.26. The van der Waals surface area contributed by atoms with Gasteiger partial charge in [-0.05, 0) is 38.8 Å². The molecule has 0 radical (unpaired) electrons. The van der Waals surface area contributed by atoms with Crippen molar-refractivity contribution in [3.05, 3.63) is 0 Å². The molecule has 0 amide bonds. The third kappa shape index (κ3) is 7.92. The lowest BCUT2D eigenvalue weighted by Crippen LogP contribution is -2.36. The van der Waals surface area contributed by atoms with Crippen LogP contribution in [0.2, 0.25) is 0 Å². The van der Waals surface area contributed by atoms with Crippen molar-refractivity contribution in [1.29, 1.82) is 0 Å². The monoisotopic (exact) mass is 280 g/mol. The van der Waals surface area contributed by atoms with Gasteiger partial charge in [0.15, 0.2) is 5.96 Å². The highest BCUT2D eigenvalue weighted by molar-refractivity contribution is 5.77. The third-order valence-electron chi connectivity index (χ3n) is 3.22. The number of nitrogens with two attached hydrogens (primary N) is 1. The summed E-state index contributed by atoms with van der Waals surface area (Å²) in [5, 5.41) is 2.92. The van der Waals surface area contributed by atoms with Crippen LogP contribution < -0.4 is 11.1 Å². The maximum Gasteiger partial charge on any atom is 0.401 e. The molecular weight excluding hydrogens is 257 g/mol. The van der Waals surface area contributed by atoms with E-state index in [2.05, 4.69) is 10.3 Å². The Morgan fingerprint density at radius 1 is 1.42 bits per heavy atom. The first-order valence-electron chi connectivity index (χ1n) is 6.66. The lowest BCUT2D eigenvalue weighted by molar-refractivity contribution is -0.143. The Hall–Kier alpha value is -0.980. The van der Waals surface area contributed by atoms with E-state index in [1.54, 1.807) is 0 Å². The Morgan fingerprint density at radius 2 is 2.11 bits per heavy atom. The number of nitrogens with one attached hydrogen (secondary N) is 1. The number of hydrogen-bond donors (Lipinski definition) is 2. The minimum atomic E-state index is -4.13. The predicted molar refractivity (Wildman–Crippen MR) is 70.0 cm³/mol. The first-order chi connectivity index (χ1) is 8.87. The summed E-state index contributed by atoms with van der Waals surface area (Å²) in [6.45, 7) is 0.801. The molecule has 19 heavy (non-hydrogen) atoms. The van der Waals surface area contributed by atoms with Crippen LogP contribution in [-0.4, -0.2) is 50.3 Å². The van der Waals surface area contributed by atoms with E-state index in [0.29, 0.717) is 31.4 Å². The zero-order valence-corrected chi connectivity index (χ0v) is 11.3. The van der Waals surface area contributed by atoms with Crippen LogP contribution in [0.1, 0.15) is 25.7 Å². The van der Waals surface area contributed by atoms with Gasteiger partial charge in [0.25, 0.3) is 0 Å². The van der Waals surface area contributed by atoms with Crippen molar-refractivity contribution in [2.45, 2.75) is 31.9 Å². The summed E-state index contributed by atoms with van der Waals surface area (Å²) in [7, 11) is 1.46. The highest BCUT2D eigenvalue weighted by atomic mass is 19.4. The van der Waals surface area contributed by atoms with Gasteiger partial charge in [0, 0.05) is 13.1 Å².